The average molecular weight is 434 g/mol. The Balaban J connectivity index is 1.53. The first kappa shape index (κ1) is 18.9. The molecule has 0 atom stereocenters. The predicted octanol–water partition coefficient (Wildman–Crippen LogP) is 4.70. The molecule has 0 unspecified atom stereocenters. The van der Waals surface area contributed by atoms with Gasteiger partial charge in [-0.05, 0) is 30.3 Å². The van der Waals surface area contributed by atoms with Gasteiger partial charge in [-0.1, -0.05) is 47.1 Å². The van der Waals surface area contributed by atoms with Gasteiger partial charge >= 0.3 is 0 Å². The smallest absolute Gasteiger partial charge is 0.267 e. The van der Waals surface area contributed by atoms with Crippen LogP contribution in [-0.2, 0) is 6.54 Å². The van der Waals surface area contributed by atoms with Gasteiger partial charge in [0.05, 0.1) is 10.0 Å². The number of fused-ring (bicyclic) bond motifs is 1. The fourth-order valence-corrected chi connectivity index (χ4v) is 3.99. The van der Waals surface area contributed by atoms with Crippen LogP contribution in [0.1, 0.15) is 10.4 Å². The summed E-state index contributed by atoms with van der Waals surface area (Å²) in [5, 5.41) is 4.05. The highest BCUT2D eigenvalue weighted by Crippen LogP contribution is 2.34. The van der Waals surface area contributed by atoms with Crippen molar-refractivity contribution in [2.45, 2.75) is 11.7 Å². The summed E-state index contributed by atoms with van der Waals surface area (Å²) in [5.41, 5.74) is 0.0665. The van der Waals surface area contributed by atoms with Crippen molar-refractivity contribution in [3.8, 4) is 11.5 Å². The average Bonchev–Trinajstić information content (AvgIpc) is 3.15. The van der Waals surface area contributed by atoms with E-state index < -0.39 is 5.91 Å². The molecule has 1 aliphatic rings. The summed E-state index contributed by atoms with van der Waals surface area (Å²) in [7, 11) is 0. The van der Waals surface area contributed by atoms with Gasteiger partial charge in [-0.2, -0.15) is 0 Å². The Morgan fingerprint density at radius 1 is 1.14 bits per heavy atom. The van der Waals surface area contributed by atoms with Crippen LogP contribution < -0.4 is 15.6 Å². The van der Waals surface area contributed by atoms with Crippen molar-refractivity contribution < 1.29 is 9.53 Å². The molecule has 2 aromatic carbocycles. The van der Waals surface area contributed by atoms with Crippen LogP contribution >= 0.6 is 35.0 Å². The number of carbonyl (C=O) groups is 1. The number of amides is 1. The van der Waals surface area contributed by atoms with Crippen LogP contribution in [0, 0.1) is 0 Å². The van der Waals surface area contributed by atoms with E-state index in [2.05, 4.69) is 10.3 Å². The van der Waals surface area contributed by atoms with E-state index in [1.807, 2.05) is 0 Å². The lowest BCUT2D eigenvalue weighted by Gasteiger charge is -2.11. The molecule has 6 nitrogen and oxygen atoms in total. The third-order valence-corrected chi connectivity index (χ3v) is 5.63. The van der Waals surface area contributed by atoms with Crippen LogP contribution in [0.2, 0.25) is 10.0 Å². The number of hydrogen-bond acceptors (Lipinski definition) is 5. The molecule has 1 N–H and O–H groups in total. The van der Waals surface area contributed by atoms with Crippen LogP contribution in [0.15, 0.2) is 58.6 Å². The van der Waals surface area contributed by atoms with E-state index >= 15 is 0 Å². The normalized spacial score (nSPS) is 12.5. The molecule has 0 spiro atoms. The van der Waals surface area contributed by atoms with Crippen LogP contribution in [0.5, 0.6) is 11.5 Å². The molecular formula is C19H13Cl2N3O3S. The number of thioether (sulfide) groups is 1. The molecule has 142 valence electrons. The molecule has 2 heterocycles. The lowest BCUT2D eigenvalue weighted by molar-refractivity contribution is 0.102. The first-order valence-electron chi connectivity index (χ1n) is 8.29. The number of hydrogen-bond donors (Lipinski definition) is 1. The number of rotatable bonds is 4. The molecule has 0 aliphatic carbocycles. The van der Waals surface area contributed by atoms with Crippen molar-refractivity contribution in [2.24, 2.45) is 0 Å². The van der Waals surface area contributed by atoms with Gasteiger partial charge in [-0.3, -0.25) is 14.2 Å². The van der Waals surface area contributed by atoms with E-state index in [0.29, 0.717) is 33.9 Å². The fraction of sp³-hybridized carbons (Fsp3) is 0.105. The van der Waals surface area contributed by atoms with Gasteiger partial charge in [-0.15, -0.1) is 0 Å². The third kappa shape index (κ3) is 3.73. The second-order valence-corrected chi connectivity index (χ2v) is 7.77. The minimum absolute atomic E-state index is 0.0150. The largest absolute Gasteiger partial charge is 0.454 e. The van der Waals surface area contributed by atoms with Crippen molar-refractivity contribution in [3.63, 3.8) is 0 Å². The van der Waals surface area contributed by atoms with E-state index in [1.165, 1.54) is 22.5 Å². The lowest BCUT2D eigenvalue weighted by Crippen LogP contribution is -2.29. The second-order valence-electron chi connectivity index (χ2n) is 5.89. The van der Waals surface area contributed by atoms with Crippen LogP contribution in [0.25, 0.3) is 0 Å². The zero-order valence-electron chi connectivity index (χ0n) is 14.3. The molecule has 1 amide bonds. The highest BCUT2D eigenvalue weighted by molar-refractivity contribution is 7.99. The number of aromatic nitrogens is 2. The zero-order chi connectivity index (χ0) is 19.7. The Hall–Kier alpha value is -2.48. The maximum absolute atomic E-state index is 12.5. The summed E-state index contributed by atoms with van der Waals surface area (Å²) in [6.45, 7) is 0.548. The van der Waals surface area contributed by atoms with E-state index in [-0.39, 0.29) is 16.1 Å². The predicted molar refractivity (Wildman–Crippen MR) is 110 cm³/mol. The van der Waals surface area contributed by atoms with E-state index in [4.69, 9.17) is 27.9 Å². The molecule has 0 saturated heterocycles. The Morgan fingerprint density at radius 2 is 1.93 bits per heavy atom. The van der Waals surface area contributed by atoms with Crippen molar-refractivity contribution in [3.05, 3.63) is 74.6 Å². The van der Waals surface area contributed by atoms with Gasteiger partial charge < -0.3 is 10.1 Å². The zero-order valence-corrected chi connectivity index (χ0v) is 16.6. The minimum atomic E-state index is -0.541. The molecule has 4 rings (SSSR count). The lowest BCUT2D eigenvalue weighted by atomic mass is 10.2. The number of para-hydroxylation sites is 1. The number of carbonyl (C=O) groups excluding carboxylic acids is 1. The van der Waals surface area contributed by atoms with Gasteiger partial charge in [0.25, 0.3) is 11.5 Å². The molecule has 9 heteroatoms. The molecule has 0 bridgehead atoms. The van der Waals surface area contributed by atoms with Gasteiger partial charge in [0.15, 0.2) is 5.16 Å². The molecule has 3 aromatic rings. The maximum Gasteiger partial charge on any atom is 0.267 e. The first-order chi connectivity index (χ1) is 13.5. The standard InChI is InChI=1S/C19H13Cl2N3O3S/c20-13-3-1-2-4-15(13)27-16-6-5-11(9-14(16)21)23-17(25)12-10-22-19-24(18(12)26)7-8-28-19/h1-6,9-10H,7-8H2,(H,23,25). The van der Waals surface area contributed by atoms with Gasteiger partial charge in [0.1, 0.15) is 17.1 Å². The number of nitrogens with zero attached hydrogens (tertiary/aromatic N) is 2. The molecule has 0 radical (unpaired) electrons. The minimum Gasteiger partial charge on any atom is -0.454 e. The molecule has 0 saturated carbocycles. The number of anilines is 1. The Labute approximate surface area is 174 Å². The Bertz CT molecular complexity index is 1130. The Kier molecular flexibility index (Phi) is 5.30. The van der Waals surface area contributed by atoms with Gasteiger partial charge in [0, 0.05) is 24.2 Å². The van der Waals surface area contributed by atoms with Crippen molar-refractivity contribution in [2.75, 3.05) is 11.1 Å². The van der Waals surface area contributed by atoms with Crippen LogP contribution in [-0.4, -0.2) is 21.2 Å². The van der Waals surface area contributed by atoms with Crippen molar-refractivity contribution >= 4 is 46.6 Å². The summed E-state index contributed by atoms with van der Waals surface area (Å²) in [6, 6.07) is 11.8. The third-order valence-electron chi connectivity index (χ3n) is 4.05. The molecule has 0 fully saturated rings. The quantitative estimate of drug-likeness (QED) is 0.603. The number of halogens is 2. The summed E-state index contributed by atoms with van der Waals surface area (Å²) < 4.78 is 7.22. The summed E-state index contributed by atoms with van der Waals surface area (Å²) >= 11 is 13.8. The number of nitrogens with one attached hydrogen (secondary N) is 1. The molecule has 28 heavy (non-hydrogen) atoms. The SMILES string of the molecule is O=C(Nc1ccc(Oc2ccccc2Cl)c(Cl)c1)c1cnc2n(c1=O)CCS2. The van der Waals surface area contributed by atoms with Crippen molar-refractivity contribution in [1.82, 2.24) is 9.55 Å². The summed E-state index contributed by atoms with van der Waals surface area (Å²) in [5.74, 6) is 1.10. The van der Waals surface area contributed by atoms with Gasteiger partial charge in [0.2, 0.25) is 0 Å². The number of benzene rings is 2. The Morgan fingerprint density at radius 3 is 2.71 bits per heavy atom. The van der Waals surface area contributed by atoms with Crippen molar-refractivity contribution in [1.29, 1.82) is 0 Å². The van der Waals surface area contributed by atoms with E-state index in [1.54, 1.807) is 42.5 Å². The van der Waals surface area contributed by atoms with E-state index in [9.17, 15) is 9.59 Å². The van der Waals surface area contributed by atoms with Gasteiger partial charge in [-0.25, -0.2) is 4.98 Å². The summed E-state index contributed by atoms with van der Waals surface area (Å²) in [6.07, 6.45) is 1.30. The monoisotopic (exact) mass is 433 g/mol. The fourth-order valence-electron chi connectivity index (χ4n) is 2.68. The second kappa shape index (κ2) is 7.87. The number of ether oxygens (including phenoxy) is 1. The first-order valence-corrected chi connectivity index (χ1v) is 10.0. The summed E-state index contributed by atoms with van der Waals surface area (Å²) in [4.78, 5) is 29.1. The highest BCUT2D eigenvalue weighted by atomic mass is 35.5. The molecular weight excluding hydrogens is 421 g/mol. The van der Waals surface area contributed by atoms with E-state index in [0.717, 1.165) is 5.75 Å². The highest BCUT2D eigenvalue weighted by Gasteiger charge is 2.20. The molecule has 1 aromatic heterocycles. The van der Waals surface area contributed by atoms with Crippen LogP contribution in [0.3, 0.4) is 0 Å². The molecule has 1 aliphatic heterocycles. The maximum atomic E-state index is 12.5. The van der Waals surface area contributed by atoms with Crippen LogP contribution in [0.4, 0.5) is 5.69 Å². The topological polar surface area (TPSA) is 73.2 Å².